The average molecular weight is 348 g/mol. The molecule has 26 heavy (non-hydrogen) atoms. The fourth-order valence-electron chi connectivity index (χ4n) is 2.99. The predicted molar refractivity (Wildman–Crippen MR) is 96.8 cm³/mol. The normalized spacial score (nSPS) is 11.2. The van der Waals surface area contributed by atoms with Crippen LogP contribution in [-0.4, -0.2) is 31.7 Å². The molecule has 4 aromatic rings. The number of aryl methyl sites for hydroxylation is 1. The third-order valence-electron chi connectivity index (χ3n) is 4.26. The Labute approximate surface area is 148 Å². The third kappa shape index (κ3) is 2.36. The van der Waals surface area contributed by atoms with Crippen molar-refractivity contribution in [1.82, 2.24) is 19.2 Å². The van der Waals surface area contributed by atoms with Crippen LogP contribution in [0.2, 0.25) is 0 Å². The van der Waals surface area contributed by atoms with Crippen LogP contribution in [0.3, 0.4) is 0 Å². The van der Waals surface area contributed by atoms with E-state index in [2.05, 4.69) is 10.1 Å². The SMILES string of the molecule is CCOC(=O)c1cnn2c1ncc1c(=O)n(-c3ccccc3C)ccc12. The number of benzene rings is 1. The van der Waals surface area contributed by atoms with E-state index in [1.165, 1.54) is 16.9 Å². The molecule has 0 aliphatic carbocycles. The molecule has 4 rings (SSSR count). The number of esters is 1. The van der Waals surface area contributed by atoms with Gasteiger partial charge in [0.15, 0.2) is 5.65 Å². The number of hydrogen-bond acceptors (Lipinski definition) is 5. The molecule has 3 heterocycles. The van der Waals surface area contributed by atoms with Crippen LogP contribution in [0, 0.1) is 6.92 Å². The molecule has 3 aromatic heterocycles. The molecule has 0 spiro atoms. The van der Waals surface area contributed by atoms with Crippen LogP contribution in [0.5, 0.6) is 0 Å². The number of pyridine rings is 1. The molecule has 0 unspecified atom stereocenters. The van der Waals surface area contributed by atoms with Crippen molar-refractivity contribution in [2.45, 2.75) is 13.8 Å². The molecule has 1 aromatic carbocycles. The lowest BCUT2D eigenvalue weighted by atomic mass is 10.2. The highest BCUT2D eigenvalue weighted by Crippen LogP contribution is 2.17. The van der Waals surface area contributed by atoms with Crippen molar-refractivity contribution in [2.75, 3.05) is 6.61 Å². The molecule has 0 bridgehead atoms. The lowest BCUT2D eigenvalue weighted by Gasteiger charge is -2.10. The van der Waals surface area contributed by atoms with Crippen LogP contribution in [0.1, 0.15) is 22.8 Å². The summed E-state index contributed by atoms with van der Waals surface area (Å²) >= 11 is 0. The van der Waals surface area contributed by atoms with E-state index in [0.717, 1.165) is 11.3 Å². The molecule has 0 N–H and O–H groups in total. The zero-order valence-corrected chi connectivity index (χ0v) is 14.3. The summed E-state index contributed by atoms with van der Waals surface area (Å²) in [7, 11) is 0. The molecule has 0 amide bonds. The average Bonchev–Trinajstić information content (AvgIpc) is 3.08. The van der Waals surface area contributed by atoms with Gasteiger partial charge in [-0.25, -0.2) is 14.3 Å². The first-order valence-electron chi connectivity index (χ1n) is 8.23. The molecule has 0 radical (unpaired) electrons. The highest BCUT2D eigenvalue weighted by molar-refractivity contribution is 5.97. The van der Waals surface area contributed by atoms with Gasteiger partial charge in [0.25, 0.3) is 5.56 Å². The Morgan fingerprint density at radius 1 is 1.19 bits per heavy atom. The fourth-order valence-corrected chi connectivity index (χ4v) is 2.99. The Morgan fingerprint density at radius 2 is 2.00 bits per heavy atom. The first-order valence-corrected chi connectivity index (χ1v) is 8.23. The summed E-state index contributed by atoms with van der Waals surface area (Å²) in [6, 6.07) is 9.45. The topological polar surface area (TPSA) is 78.5 Å². The fraction of sp³-hybridized carbons (Fsp3) is 0.158. The van der Waals surface area contributed by atoms with Gasteiger partial charge in [-0.3, -0.25) is 9.36 Å². The molecule has 0 saturated carbocycles. The molecule has 0 fully saturated rings. The quantitative estimate of drug-likeness (QED) is 0.532. The number of carbonyl (C=O) groups is 1. The summed E-state index contributed by atoms with van der Waals surface area (Å²) < 4.78 is 8.10. The standard InChI is InChI=1S/C19H16N4O3/c1-3-26-19(25)14-11-21-23-16-8-9-22(15-7-5-4-6-12(15)2)18(24)13(16)10-20-17(14)23/h4-11H,3H2,1-2H3. The molecule has 0 aliphatic heterocycles. The van der Waals surface area contributed by atoms with Crippen LogP contribution in [0.25, 0.3) is 22.2 Å². The van der Waals surface area contributed by atoms with Crippen LogP contribution >= 0.6 is 0 Å². The van der Waals surface area contributed by atoms with Crippen molar-refractivity contribution < 1.29 is 9.53 Å². The number of carbonyl (C=O) groups excluding carboxylic acids is 1. The number of hydrogen-bond donors (Lipinski definition) is 0. The molecular weight excluding hydrogens is 332 g/mol. The number of fused-ring (bicyclic) bond motifs is 3. The van der Waals surface area contributed by atoms with Gasteiger partial charge in [-0.15, -0.1) is 0 Å². The van der Waals surface area contributed by atoms with Gasteiger partial charge in [0.2, 0.25) is 0 Å². The van der Waals surface area contributed by atoms with Gasteiger partial charge < -0.3 is 4.74 Å². The minimum absolute atomic E-state index is 0.195. The second kappa shape index (κ2) is 6.11. The maximum atomic E-state index is 13.0. The third-order valence-corrected chi connectivity index (χ3v) is 4.26. The van der Waals surface area contributed by atoms with E-state index in [1.807, 2.05) is 31.2 Å². The molecule has 0 saturated heterocycles. The molecule has 130 valence electrons. The van der Waals surface area contributed by atoms with Crippen molar-refractivity contribution in [2.24, 2.45) is 0 Å². The van der Waals surface area contributed by atoms with Gasteiger partial charge in [0.05, 0.1) is 29.4 Å². The molecule has 7 nitrogen and oxygen atoms in total. The van der Waals surface area contributed by atoms with Crippen LogP contribution in [0.15, 0.2) is 53.7 Å². The summed E-state index contributed by atoms with van der Waals surface area (Å²) in [5.74, 6) is -0.484. The number of nitrogens with zero attached hydrogens (tertiary/aromatic N) is 4. The highest BCUT2D eigenvalue weighted by atomic mass is 16.5. The Morgan fingerprint density at radius 3 is 2.77 bits per heavy atom. The maximum absolute atomic E-state index is 13.0. The van der Waals surface area contributed by atoms with Crippen molar-refractivity contribution in [3.05, 3.63) is 70.4 Å². The van der Waals surface area contributed by atoms with Crippen LogP contribution < -0.4 is 5.56 Å². The van der Waals surface area contributed by atoms with Gasteiger partial charge in [-0.05, 0) is 31.5 Å². The Bertz CT molecular complexity index is 1210. The van der Waals surface area contributed by atoms with Gasteiger partial charge in [0, 0.05) is 12.4 Å². The minimum Gasteiger partial charge on any atom is -0.462 e. The number of ether oxygens (including phenoxy) is 1. The Hall–Kier alpha value is -3.48. The zero-order chi connectivity index (χ0) is 18.3. The van der Waals surface area contributed by atoms with Crippen molar-refractivity contribution in [1.29, 1.82) is 0 Å². The summed E-state index contributed by atoms with van der Waals surface area (Å²) in [4.78, 5) is 29.3. The van der Waals surface area contributed by atoms with E-state index in [0.29, 0.717) is 16.6 Å². The van der Waals surface area contributed by atoms with Crippen molar-refractivity contribution in [3.63, 3.8) is 0 Å². The van der Waals surface area contributed by atoms with Crippen molar-refractivity contribution >= 4 is 22.5 Å². The number of rotatable bonds is 3. The van der Waals surface area contributed by atoms with Gasteiger partial charge >= 0.3 is 5.97 Å². The van der Waals surface area contributed by atoms with Crippen LogP contribution in [0.4, 0.5) is 0 Å². The van der Waals surface area contributed by atoms with Crippen LogP contribution in [-0.2, 0) is 4.74 Å². The summed E-state index contributed by atoms with van der Waals surface area (Å²) in [5.41, 5.74) is 2.83. The first kappa shape index (κ1) is 16.0. The summed E-state index contributed by atoms with van der Waals surface area (Å²) in [6.07, 6.45) is 4.59. The van der Waals surface area contributed by atoms with E-state index in [9.17, 15) is 9.59 Å². The predicted octanol–water partition coefficient (Wildman–Crippen LogP) is 2.52. The maximum Gasteiger partial charge on any atom is 0.343 e. The lowest BCUT2D eigenvalue weighted by molar-refractivity contribution is 0.0528. The highest BCUT2D eigenvalue weighted by Gasteiger charge is 2.17. The smallest absolute Gasteiger partial charge is 0.343 e. The second-order valence-corrected chi connectivity index (χ2v) is 5.85. The largest absolute Gasteiger partial charge is 0.462 e. The Kier molecular flexibility index (Phi) is 3.76. The number of para-hydroxylation sites is 1. The van der Waals surface area contributed by atoms with E-state index < -0.39 is 5.97 Å². The molecule has 0 aliphatic rings. The van der Waals surface area contributed by atoms with E-state index >= 15 is 0 Å². The summed E-state index contributed by atoms with van der Waals surface area (Å²) in [6.45, 7) is 3.96. The first-order chi connectivity index (χ1) is 12.6. The van der Waals surface area contributed by atoms with E-state index in [1.54, 1.807) is 23.8 Å². The van der Waals surface area contributed by atoms with E-state index in [4.69, 9.17) is 4.74 Å². The van der Waals surface area contributed by atoms with Gasteiger partial charge in [-0.2, -0.15) is 5.10 Å². The van der Waals surface area contributed by atoms with Gasteiger partial charge in [-0.1, -0.05) is 18.2 Å². The summed E-state index contributed by atoms with van der Waals surface area (Å²) in [5, 5.41) is 4.63. The monoisotopic (exact) mass is 348 g/mol. The lowest BCUT2D eigenvalue weighted by Crippen LogP contribution is -2.19. The van der Waals surface area contributed by atoms with Gasteiger partial charge in [0.1, 0.15) is 5.56 Å². The minimum atomic E-state index is -0.484. The molecule has 0 atom stereocenters. The zero-order valence-electron chi connectivity index (χ0n) is 14.3. The molecular formula is C19H16N4O3. The second-order valence-electron chi connectivity index (χ2n) is 5.85. The number of aromatic nitrogens is 4. The van der Waals surface area contributed by atoms with E-state index in [-0.39, 0.29) is 17.7 Å². The molecule has 7 heteroatoms. The Balaban J connectivity index is 1.95. The van der Waals surface area contributed by atoms with Crippen molar-refractivity contribution in [3.8, 4) is 5.69 Å².